The maximum Gasteiger partial charge on any atom is 0.407 e. The molecule has 0 saturated heterocycles. The second-order valence-electron chi connectivity index (χ2n) is 14.3. The number of H-pyrrole nitrogens is 1. The van der Waals surface area contributed by atoms with E-state index in [1.165, 1.54) is 24.3 Å². The number of amides is 1. The van der Waals surface area contributed by atoms with E-state index in [9.17, 15) is 23.1 Å². The number of alkyl carbamates (subject to hydrolysis) is 1. The summed E-state index contributed by atoms with van der Waals surface area (Å²) >= 11 is 0.694. The Morgan fingerprint density at radius 2 is 1.52 bits per heavy atom. The number of benzene rings is 3. The highest BCUT2D eigenvalue weighted by Crippen LogP contribution is 2.44. The first-order valence-corrected chi connectivity index (χ1v) is 19.6. The maximum absolute atomic E-state index is 15.0. The summed E-state index contributed by atoms with van der Waals surface area (Å²) in [4.78, 5) is 29.7. The van der Waals surface area contributed by atoms with Crippen LogP contribution in [0.4, 0.5) is 18.0 Å². The van der Waals surface area contributed by atoms with Crippen molar-refractivity contribution in [1.29, 1.82) is 0 Å². The lowest BCUT2D eigenvalue weighted by Gasteiger charge is -2.32. The molecular weight excluding hydrogens is 740 g/mol. The van der Waals surface area contributed by atoms with Crippen LogP contribution in [0.25, 0.3) is 10.9 Å². The van der Waals surface area contributed by atoms with Crippen LogP contribution < -0.4 is 5.32 Å². The number of alkyl halides is 3. The molecule has 54 heavy (non-hydrogen) atoms. The standard InChI is InChI=1S/C40H44F3N3O6S2/c1-39(2,3)20-22-46(54(50,51)29-16-15-26-19-21-44-31(26)23-29)32(25-47)35-18-17-34(53-35)30(40(41,42)43)24-33(48)37(45-38(49)52-4)36(27-11-7-5-8-12-27)28-13-9-6-10-14-28/h5-19,21,23,30,32,36-37,44,47H,20,22,24-25H2,1-4H3,(H,45,49)/t30-,32-,37-/m1/s1. The van der Waals surface area contributed by atoms with Crippen molar-refractivity contribution in [2.24, 2.45) is 5.41 Å². The molecule has 288 valence electrons. The minimum Gasteiger partial charge on any atom is -0.453 e. The molecule has 0 aliphatic carbocycles. The number of aliphatic hydroxyl groups is 1. The largest absolute Gasteiger partial charge is 0.453 e. The fourth-order valence-electron chi connectivity index (χ4n) is 6.41. The Labute approximate surface area is 317 Å². The second-order valence-corrected chi connectivity index (χ2v) is 17.3. The summed E-state index contributed by atoms with van der Waals surface area (Å²) in [5.74, 6) is -4.03. The van der Waals surface area contributed by atoms with E-state index in [2.05, 4.69) is 10.3 Å². The topological polar surface area (TPSA) is 129 Å². The highest BCUT2D eigenvalue weighted by Gasteiger charge is 2.46. The van der Waals surface area contributed by atoms with Gasteiger partial charge in [-0.15, -0.1) is 11.3 Å². The van der Waals surface area contributed by atoms with Crippen LogP contribution in [0.5, 0.6) is 0 Å². The monoisotopic (exact) mass is 783 g/mol. The lowest BCUT2D eigenvalue weighted by molar-refractivity contribution is -0.156. The molecule has 2 aromatic heterocycles. The summed E-state index contributed by atoms with van der Waals surface area (Å²) in [6, 6.07) is 23.7. The minimum atomic E-state index is -4.90. The number of aromatic nitrogens is 1. The first-order chi connectivity index (χ1) is 25.5. The number of rotatable bonds is 15. The molecule has 0 fully saturated rings. The molecule has 9 nitrogen and oxygen atoms in total. The number of hydrogen-bond donors (Lipinski definition) is 3. The van der Waals surface area contributed by atoms with Crippen molar-refractivity contribution in [2.75, 3.05) is 20.3 Å². The van der Waals surface area contributed by atoms with E-state index >= 15 is 13.2 Å². The third kappa shape index (κ3) is 9.59. The highest BCUT2D eigenvalue weighted by atomic mass is 32.2. The van der Waals surface area contributed by atoms with Crippen LogP contribution in [0.2, 0.25) is 0 Å². The Kier molecular flexibility index (Phi) is 12.7. The molecule has 1 amide bonds. The molecule has 5 rings (SSSR count). The number of fused-ring (bicyclic) bond motifs is 1. The third-order valence-electron chi connectivity index (χ3n) is 9.31. The lowest BCUT2D eigenvalue weighted by Crippen LogP contribution is -2.46. The average molecular weight is 784 g/mol. The number of hydrogen-bond acceptors (Lipinski definition) is 7. The van der Waals surface area contributed by atoms with Gasteiger partial charge in [-0.1, -0.05) is 87.5 Å². The highest BCUT2D eigenvalue weighted by molar-refractivity contribution is 7.89. The number of carbonyl (C=O) groups is 2. The van der Waals surface area contributed by atoms with Crippen molar-refractivity contribution in [3.05, 3.63) is 124 Å². The second kappa shape index (κ2) is 16.9. The van der Waals surface area contributed by atoms with Gasteiger partial charge < -0.3 is 20.1 Å². The van der Waals surface area contributed by atoms with Crippen molar-refractivity contribution >= 4 is 44.1 Å². The van der Waals surface area contributed by atoms with Crippen molar-refractivity contribution in [3.8, 4) is 0 Å². The van der Waals surface area contributed by atoms with Crippen LogP contribution in [0.3, 0.4) is 0 Å². The van der Waals surface area contributed by atoms with Gasteiger partial charge in [-0.25, -0.2) is 13.2 Å². The number of ether oxygens (including phenoxy) is 1. The number of nitrogens with zero attached hydrogens (tertiary/aromatic N) is 1. The lowest BCUT2D eigenvalue weighted by atomic mass is 9.81. The molecule has 3 N–H and O–H groups in total. The van der Waals surface area contributed by atoms with Crippen LogP contribution >= 0.6 is 11.3 Å². The van der Waals surface area contributed by atoms with Gasteiger partial charge in [0.15, 0.2) is 5.78 Å². The quantitative estimate of drug-likeness (QED) is 0.0977. The minimum absolute atomic E-state index is 0.0184. The fourth-order valence-corrected chi connectivity index (χ4v) is 9.34. The van der Waals surface area contributed by atoms with Gasteiger partial charge in [-0.3, -0.25) is 4.79 Å². The SMILES string of the molecule is COC(=O)N[C@H](C(=O)C[C@H](c1ccc([C@@H](CO)N(CCC(C)(C)C)S(=O)(=O)c2ccc3cc[nH]c3c2)s1)C(F)(F)F)C(c1ccccc1)c1ccccc1. The molecular formula is C40H44F3N3O6S2. The van der Waals surface area contributed by atoms with Gasteiger partial charge in [0.1, 0.15) is 6.04 Å². The predicted molar refractivity (Wildman–Crippen MR) is 203 cm³/mol. The van der Waals surface area contributed by atoms with Crippen molar-refractivity contribution in [2.45, 2.75) is 68.6 Å². The molecule has 0 aliphatic heterocycles. The fraction of sp³-hybridized carbons (Fsp3) is 0.350. The van der Waals surface area contributed by atoms with E-state index in [-0.39, 0.29) is 26.6 Å². The molecule has 3 aromatic carbocycles. The van der Waals surface area contributed by atoms with Gasteiger partial charge in [-0.2, -0.15) is 17.5 Å². The molecule has 2 heterocycles. The number of methoxy groups -OCH3 is 1. The Morgan fingerprint density at radius 1 is 0.907 bits per heavy atom. The number of aromatic amines is 1. The van der Waals surface area contributed by atoms with E-state index in [0.717, 1.165) is 16.8 Å². The summed E-state index contributed by atoms with van der Waals surface area (Å²) in [5, 5.41) is 14.0. The number of ketones is 1. The summed E-state index contributed by atoms with van der Waals surface area (Å²) in [7, 11) is -3.17. The maximum atomic E-state index is 15.0. The van der Waals surface area contributed by atoms with Gasteiger partial charge in [0.2, 0.25) is 10.0 Å². The van der Waals surface area contributed by atoms with Gasteiger partial charge >= 0.3 is 12.3 Å². The van der Waals surface area contributed by atoms with Crippen molar-refractivity contribution < 1.29 is 41.0 Å². The number of Topliss-reactive ketones (excluding diaryl/α,β-unsaturated/α-hetero) is 1. The normalized spacial score (nSPS) is 14.3. The van der Waals surface area contributed by atoms with Gasteiger partial charge in [-0.05, 0) is 58.7 Å². The van der Waals surface area contributed by atoms with Crippen molar-refractivity contribution in [3.63, 3.8) is 0 Å². The van der Waals surface area contributed by atoms with Gasteiger partial charge in [0, 0.05) is 40.4 Å². The molecule has 0 radical (unpaired) electrons. The first kappa shape index (κ1) is 40.7. The summed E-state index contributed by atoms with van der Waals surface area (Å²) < 4.78 is 79.5. The molecule has 5 aromatic rings. The van der Waals surface area contributed by atoms with E-state index in [4.69, 9.17) is 4.74 Å². The molecule has 14 heteroatoms. The van der Waals surface area contributed by atoms with Crippen molar-refractivity contribution in [1.82, 2.24) is 14.6 Å². The Bertz CT molecular complexity index is 2090. The Morgan fingerprint density at radius 3 is 2.07 bits per heavy atom. The van der Waals surface area contributed by atoms with Gasteiger partial charge in [0.25, 0.3) is 0 Å². The summed E-state index contributed by atoms with van der Waals surface area (Å²) in [6.07, 6.45) is -4.84. The average Bonchev–Trinajstić information content (AvgIpc) is 3.81. The van der Waals surface area contributed by atoms with E-state index < -0.39 is 65.0 Å². The Hall–Kier alpha value is -4.50. The summed E-state index contributed by atoms with van der Waals surface area (Å²) in [5.41, 5.74) is 1.47. The zero-order valence-corrected chi connectivity index (χ0v) is 32.0. The smallest absolute Gasteiger partial charge is 0.407 e. The molecule has 3 atom stereocenters. The van der Waals surface area contributed by atoms with E-state index in [1.807, 2.05) is 20.8 Å². The zero-order valence-electron chi connectivity index (χ0n) is 30.3. The number of sulfonamides is 1. The van der Waals surface area contributed by atoms with E-state index in [1.54, 1.807) is 79.0 Å². The third-order valence-corrected chi connectivity index (χ3v) is 12.5. The van der Waals surface area contributed by atoms with Crippen LogP contribution in [-0.2, 0) is 19.6 Å². The summed E-state index contributed by atoms with van der Waals surface area (Å²) in [6.45, 7) is 5.09. The van der Waals surface area contributed by atoms with Crippen LogP contribution in [0, 0.1) is 5.41 Å². The molecule has 0 bridgehead atoms. The first-order valence-electron chi connectivity index (χ1n) is 17.4. The van der Waals surface area contributed by atoms with Crippen LogP contribution in [0.1, 0.15) is 72.4 Å². The number of carbonyl (C=O) groups excluding carboxylic acids is 2. The molecule has 0 unspecified atom stereocenters. The number of thiophene rings is 1. The molecule has 0 saturated carbocycles. The zero-order chi connectivity index (χ0) is 39.3. The predicted octanol–water partition coefficient (Wildman–Crippen LogP) is 8.55. The number of aliphatic hydroxyl groups excluding tert-OH is 1. The van der Waals surface area contributed by atoms with Crippen LogP contribution in [0.15, 0.2) is 108 Å². The molecule has 0 spiro atoms. The van der Waals surface area contributed by atoms with Gasteiger partial charge in [0.05, 0.1) is 30.6 Å². The molecule has 0 aliphatic rings. The number of nitrogens with one attached hydrogen (secondary N) is 2. The Balaban J connectivity index is 1.52. The van der Waals surface area contributed by atoms with Crippen LogP contribution in [-0.4, -0.2) is 67.2 Å². The van der Waals surface area contributed by atoms with E-state index in [0.29, 0.717) is 34.4 Å². The number of halogens is 3.